The maximum absolute atomic E-state index is 13.5. The molecule has 33 heavy (non-hydrogen) atoms. The summed E-state index contributed by atoms with van der Waals surface area (Å²) in [6, 6.07) is 15.5. The van der Waals surface area contributed by atoms with Crippen LogP contribution in [0.15, 0.2) is 59.1 Å². The normalized spacial score (nSPS) is 15.1. The van der Waals surface area contributed by atoms with Gasteiger partial charge in [-0.2, -0.15) is 0 Å². The minimum Gasteiger partial charge on any atom is -0.352 e. The van der Waals surface area contributed by atoms with Crippen LogP contribution in [0.25, 0.3) is 0 Å². The van der Waals surface area contributed by atoms with Gasteiger partial charge < -0.3 is 10.2 Å². The maximum Gasteiger partial charge on any atom is 0.244 e. The molecule has 0 aromatic heterocycles. The zero-order valence-corrected chi connectivity index (χ0v) is 21.3. The zero-order valence-electron chi connectivity index (χ0n) is 18.9. The molecule has 1 aliphatic carbocycles. The van der Waals surface area contributed by atoms with Crippen molar-refractivity contribution in [2.75, 3.05) is 17.1 Å². The first kappa shape index (κ1) is 25.2. The summed E-state index contributed by atoms with van der Waals surface area (Å²) >= 11 is 3.35. The van der Waals surface area contributed by atoms with Crippen molar-refractivity contribution in [2.24, 2.45) is 0 Å². The third kappa shape index (κ3) is 7.04. The topological polar surface area (TPSA) is 86.8 Å². The van der Waals surface area contributed by atoms with E-state index in [-0.39, 0.29) is 18.5 Å². The summed E-state index contributed by atoms with van der Waals surface area (Å²) in [5.41, 5.74) is 1.24. The van der Waals surface area contributed by atoms with E-state index in [0.717, 1.165) is 41.8 Å². The van der Waals surface area contributed by atoms with Crippen LogP contribution in [-0.2, 0) is 26.2 Å². The number of benzene rings is 2. The molecular formula is C24H30BrN3O4S. The third-order valence-electron chi connectivity index (χ3n) is 5.84. The Kier molecular flexibility index (Phi) is 8.53. The molecule has 2 amide bonds. The summed E-state index contributed by atoms with van der Waals surface area (Å²) in [4.78, 5) is 27.9. The Bertz CT molecular complexity index is 1070. The van der Waals surface area contributed by atoms with Crippen LogP contribution in [0.5, 0.6) is 0 Å². The molecule has 0 heterocycles. The molecule has 3 rings (SSSR count). The van der Waals surface area contributed by atoms with Crippen LogP contribution >= 0.6 is 15.9 Å². The van der Waals surface area contributed by atoms with Gasteiger partial charge in [-0.05, 0) is 43.5 Å². The first-order valence-electron chi connectivity index (χ1n) is 11.0. The Balaban J connectivity index is 1.85. The Labute approximate surface area is 204 Å². The van der Waals surface area contributed by atoms with E-state index in [4.69, 9.17) is 0 Å². The van der Waals surface area contributed by atoms with Gasteiger partial charge in [-0.25, -0.2) is 8.42 Å². The monoisotopic (exact) mass is 535 g/mol. The lowest BCUT2D eigenvalue weighted by Gasteiger charge is -2.32. The van der Waals surface area contributed by atoms with Gasteiger partial charge in [0.25, 0.3) is 0 Å². The number of carbonyl (C=O) groups is 2. The Morgan fingerprint density at radius 3 is 2.36 bits per heavy atom. The second-order valence-electron chi connectivity index (χ2n) is 8.42. The van der Waals surface area contributed by atoms with Gasteiger partial charge in [-0.3, -0.25) is 13.9 Å². The second-order valence-corrected chi connectivity index (χ2v) is 11.2. The molecule has 0 radical (unpaired) electrons. The highest BCUT2D eigenvalue weighted by atomic mass is 79.9. The van der Waals surface area contributed by atoms with Crippen LogP contribution in [0.1, 0.15) is 38.2 Å². The van der Waals surface area contributed by atoms with E-state index in [2.05, 4.69) is 21.2 Å². The molecule has 1 N–H and O–H groups in total. The van der Waals surface area contributed by atoms with Crippen molar-refractivity contribution in [1.29, 1.82) is 0 Å². The predicted octanol–water partition coefficient (Wildman–Crippen LogP) is 3.69. The fourth-order valence-electron chi connectivity index (χ4n) is 4.00. The average Bonchev–Trinajstić information content (AvgIpc) is 3.28. The highest BCUT2D eigenvalue weighted by Crippen LogP contribution is 2.23. The first-order valence-corrected chi connectivity index (χ1v) is 13.7. The molecule has 1 saturated carbocycles. The molecule has 178 valence electrons. The van der Waals surface area contributed by atoms with Gasteiger partial charge in [0.05, 0.1) is 11.9 Å². The molecule has 1 aliphatic rings. The fraction of sp³-hybridized carbons (Fsp3) is 0.417. The molecule has 0 aliphatic heterocycles. The van der Waals surface area contributed by atoms with Crippen LogP contribution in [0, 0.1) is 0 Å². The van der Waals surface area contributed by atoms with Crippen LogP contribution in [0.4, 0.5) is 5.69 Å². The van der Waals surface area contributed by atoms with E-state index >= 15 is 0 Å². The van der Waals surface area contributed by atoms with E-state index in [9.17, 15) is 18.0 Å². The van der Waals surface area contributed by atoms with Crippen LogP contribution in [0.3, 0.4) is 0 Å². The summed E-state index contributed by atoms with van der Waals surface area (Å²) in [5.74, 6) is -0.669. The minimum absolute atomic E-state index is 0.128. The Morgan fingerprint density at radius 2 is 1.76 bits per heavy atom. The van der Waals surface area contributed by atoms with Gasteiger partial charge in [-0.15, -0.1) is 0 Å². The van der Waals surface area contributed by atoms with Gasteiger partial charge in [0.15, 0.2) is 0 Å². The van der Waals surface area contributed by atoms with Crippen LogP contribution < -0.4 is 9.62 Å². The van der Waals surface area contributed by atoms with Crippen molar-refractivity contribution in [3.05, 3.63) is 64.6 Å². The molecule has 0 saturated heterocycles. The number of nitrogens with one attached hydrogen (secondary N) is 1. The molecule has 9 heteroatoms. The van der Waals surface area contributed by atoms with E-state index in [1.165, 1.54) is 4.90 Å². The SMILES string of the molecule is CC(C(=O)NC1CCCC1)N(Cc1ccccc1)C(=O)CN(c1cccc(Br)c1)S(C)(=O)=O. The lowest BCUT2D eigenvalue weighted by atomic mass is 10.1. The molecule has 1 unspecified atom stereocenters. The standard InChI is InChI=1S/C24H30BrN3O4S/c1-18(24(30)26-21-12-6-7-13-21)27(16-19-9-4-3-5-10-19)23(29)17-28(33(2,31)32)22-14-8-11-20(25)15-22/h3-5,8-11,14-15,18,21H,6-7,12-13,16-17H2,1-2H3,(H,26,30). The highest BCUT2D eigenvalue weighted by molar-refractivity contribution is 9.10. The van der Waals surface area contributed by atoms with E-state index in [1.807, 2.05) is 30.3 Å². The number of rotatable bonds is 9. The summed E-state index contributed by atoms with van der Waals surface area (Å²) < 4.78 is 26.9. The second kappa shape index (κ2) is 11.2. The lowest BCUT2D eigenvalue weighted by Crippen LogP contribution is -2.52. The lowest BCUT2D eigenvalue weighted by molar-refractivity contribution is -0.139. The number of carbonyl (C=O) groups excluding carboxylic acids is 2. The van der Waals surface area contributed by atoms with Crippen molar-refractivity contribution in [2.45, 2.75) is 51.2 Å². The average molecular weight is 536 g/mol. The molecule has 0 spiro atoms. The number of sulfonamides is 1. The van der Waals surface area contributed by atoms with E-state index in [0.29, 0.717) is 10.2 Å². The first-order chi connectivity index (χ1) is 15.6. The molecule has 2 aromatic carbocycles. The van der Waals surface area contributed by atoms with Crippen molar-refractivity contribution in [1.82, 2.24) is 10.2 Å². The summed E-state index contributed by atoms with van der Waals surface area (Å²) in [7, 11) is -3.74. The van der Waals surface area contributed by atoms with E-state index in [1.54, 1.807) is 31.2 Å². The summed E-state index contributed by atoms with van der Waals surface area (Å²) in [6.45, 7) is 1.49. The predicted molar refractivity (Wildman–Crippen MR) is 133 cm³/mol. The van der Waals surface area contributed by atoms with Crippen molar-refractivity contribution in [3.8, 4) is 0 Å². The van der Waals surface area contributed by atoms with Crippen molar-refractivity contribution < 1.29 is 18.0 Å². The van der Waals surface area contributed by atoms with Crippen LogP contribution in [-0.4, -0.2) is 50.0 Å². The van der Waals surface area contributed by atoms with Crippen LogP contribution in [0.2, 0.25) is 0 Å². The number of halogens is 1. The molecule has 7 nitrogen and oxygen atoms in total. The number of amides is 2. The number of hydrogen-bond donors (Lipinski definition) is 1. The number of hydrogen-bond acceptors (Lipinski definition) is 4. The van der Waals surface area contributed by atoms with Gasteiger partial charge in [0.2, 0.25) is 21.8 Å². The summed E-state index contributed by atoms with van der Waals surface area (Å²) in [6.07, 6.45) is 5.12. The Morgan fingerprint density at radius 1 is 1.09 bits per heavy atom. The number of anilines is 1. The molecule has 0 bridgehead atoms. The maximum atomic E-state index is 13.5. The molecule has 1 atom stereocenters. The quantitative estimate of drug-likeness (QED) is 0.530. The van der Waals surface area contributed by atoms with Crippen molar-refractivity contribution in [3.63, 3.8) is 0 Å². The smallest absolute Gasteiger partial charge is 0.244 e. The van der Waals surface area contributed by atoms with E-state index < -0.39 is 28.5 Å². The Hall–Kier alpha value is -2.39. The summed E-state index contributed by atoms with van der Waals surface area (Å²) in [5, 5.41) is 3.05. The highest BCUT2D eigenvalue weighted by Gasteiger charge is 2.31. The fourth-order valence-corrected chi connectivity index (χ4v) is 5.23. The molecular weight excluding hydrogens is 506 g/mol. The third-order valence-corrected chi connectivity index (χ3v) is 7.47. The van der Waals surface area contributed by atoms with Gasteiger partial charge in [-0.1, -0.05) is 65.2 Å². The van der Waals surface area contributed by atoms with Crippen molar-refractivity contribution >= 4 is 43.5 Å². The van der Waals surface area contributed by atoms with Gasteiger partial charge in [0.1, 0.15) is 12.6 Å². The zero-order chi connectivity index (χ0) is 24.0. The van der Waals surface area contributed by atoms with Gasteiger partial charge in [0, 0.05) is 17.1 Å². The molecule has 2 aromatic rings. The largest absolute Gasteiger partial charge is 0.352 e. The number of nitrogens with zero attached hydrogens (tertiary/aromatic N) is 2. The van der Waals surface area contributed by atoms with Gasteiger partial charge >= 0.3 is 0 Å². The minimum atomic E-state index is -3.74. The molecule has 1 fully saturated rings.